The third kappa shape index (κ3) is 4.94. The van der Waals surface area contributed by atoms with Crippen molar-refractivity contribution in [2.24, 2.45) is 0 Å². The Labute approximate surface area is 325 Å². The highest BCUT2D eigenvalue weighted by molar-refractivity contribution is 6.17. The van der Waals surface area contributed by atoms with E-state index < -0.39 is 0 Å². The Kier molecular flexibility index (Phi) is 6.83. The van der Waals surface area contributed by atoms with Crippen LogP contribution in [0.1, 0.15) is 0 Å². The van der Waals surface area contributed by atoms with E-state index >= 15 is 0 Å². The maximum atomic E-state index is 6.57. The second-order valence-electron chi connectivity index (χ2n) is 14.4. The molecule has 0 radical (unpaired) electrons. The van der Waals surface area contributed by atoms with Crippen LogP contribution in [0.4, 0.5) is 0 Å². The summed E-state index contributed by atoms with van der Waals surface area (Å²) in [5.74, 6) is 1.61. The number of hydrogen-bond acceptors (Lipinski definition) is 5. The van der Waals surface area contributed by atoms with E-state index in [9.17, 15) is 0 Å². The molecule has 0 saturated heterocycles. The van der Waals surface area contributed by atoms with Crippen molar-refractivity contribution in [2.75, 3.05) is 0 Å². The molecule has 4 aromatic heterocycles. The summed E-state index contributed by atoms with van der Waals surface area (Å²) >= 11 is 0. The van der Waals surface area contributed by atoms with Crippen molar-refractivity contribution in [1.82, 2.24) is 19.5 Å². The van der Waals surface area contributed by atoms with E-state index in [0.29, 0.717) is 17.6 Å². The number of hydrogen-bond donors (Lipinski definition) is 0. The number of nitrogens with zero attached hydrogens (tertiary/aromatic N) is 4. The molecule has 0 spiro atoms. The highest BCUT2D eigenvalue weighted by Gasteiger charge is 2.22. The molecule has 0 aliphatic heterocycles. The Balaban J connectivity index is 1.18. The van der Waals surface area contributed by atoms with Crippen LogP contribution in [0.2, 0.25) is 0 Å². The Hall–Kier alpha value is -7.83. The summed E-state index contributed by atoms with van der Waals surface area (Å²) in [5, 5.41) is 6.47. The summed E-state index contributed by atoms with van der Waals surface area (Å²) in [6, 6.07) is 62.6. The molecular formula is C51H30N4O2. The van der Waals surface area contributed by atoms with Gasteiger partial charge in [0.15, 0.2) is 11.6 Å². The van der Waals surface area contributed by atoms with Crippen molar-refractivity contribution in [3.05, 3.63) is 182 Å². The van der Waals surface area contributed by atoms with Crippen LogP contribution >= 0.6 is 0 Å². The van der Waals surface area contributed by atoms with Crippen LogP contribution in [0.15, 0.2) is 191 Å². The molecule has 0 bridgehead atoms. The highest BCUT2D eigenvalue weighted by Crippen LogP contribution is 2.42. The minimum absolute atomic E-state index is 0.505. The minimum Gasteiger partial charge on any atom is -0.456 e. The summed E-state index contributed by atoms with van der Waals surface area (Å²) in [6.07, 6.45) is 0. The van der Waals surface area contributed by atoms with E-state index in [0.717, 1.165) is 99.1 Å². The van der Waals surface area contributed by atoms with Crippen LogP contribution in [0, 0.1) is 0 Å². The lowest BCUT2D eigenvalue weighted by atomic mass is 9.96. The van der Waals surface area contributed by atoms with E-state index in [1.54, 1.807) is 0 Å². The number of furan rings is 2. The largest absolute Gasteiger partial charge is 0.456 e. The van der Waals surface area contributed by atoms with Crippen molar-refractivity contribution in [1.29, 1.82) is 0 Å². The molecule has 6 nitrogen and oxygen atoms in total. The topological polar surface area (TPSA) is 69.9 Å². The first-order valence-corrected chi connectivity index (χ1v) is 19.0. The first-order valence-electron chi connectivity index (χ1n) is 19.0. The Morgan fingerprint density at radius 1 is 0.333 bits per heavy atom. The van der Waals surface area contributed by atoms with Crippen LogP contribution < -0.4 is 0 Å². The molecule has 57 heavy (non-hydrogen) atoms. The SMILES string of the molecule is c1ccc(-c2ccccc2-c2nc(-c3cc(-c4ccccc4)c4c(c3)oc3ccccc34)nc(-n3c4ccccc4c4cc5c(cc43)oc3ccccc35)n2)cc1. The molecule has 8 aromatic carbocycles. The smallest absolute Gasteiger partial charge is 0.238 e. The predicted octanol–water partition coefficient (Wildman–Crippen LogP) is 13.4. The number of rotatable bonds is 5. The molecule has 0 atom stereocenters. The third-order valence-electron chi connectivity index (χ3n) is 11.1. The predicted molar refractivity (Wildman–Crippen MR) is 230 cm³/mol. The van der Waals surface area contributed by atoms with E-state index in [-0.39, 0.29) is 0 Å². The first kappa shape index (κ1) is 31.5. The van der Waals surface area contributed by atoms with Crippen molar-refractivity contribution in [3.8, 4) is 51.0 Å². The van der Waals surface area contributed by atoms with Gasteiger partial charge in [0.1, 0.15) is 22.3 Å². The van der Waals surface area contributed by atoms with Gasteiger partial charge in [-0.3, -0.25) is 4.57 Å². The zero-order valence-electron chi connectivity index (χ0n) is 30.4. The molecule has 0 N–H and O–H groups in total. The van der Waals surface area contributed by atoms with Gasteiger partial charge in [0, 0.05) is 49.5 Å². The molecule has 0 saturated carbocycles. The normalized spacial score (nSPS) is 11.9. The molecule has 0 unspecified atom stereocenters. The van der Waals surface area contributed by atoms with Gasteiger partial charge in [-0.2, -0.15) is 9.97 Å². The summed E-state index contributed by atoms with van der Waals surface area (Å²) in [5.41, 5.74) is 11.2. The molecule has 6 heteroatoms. The van der Waals surface area contributed by atoms with Gasteiger partial charge in [-0.15, -0.1) is 0 Å². The molecule has 12 aromatic rings. The van der Waals surface area contributed by atoms with Gasteiger partial charge < -0.3 is 8.83 Å². The van der Waals surface area contributed by atoms with Crippen LogP contribution in [-0.2, 0) is 0 Å². The second-order valence-corrected chi connectivity index (χ2v) is 14.4. The molecule has 0 aliphatic carbocycles. The number of benzene rings is 8. The van der Waals surface area contributed by atoms with Crippen molar-refractivity contribution >= 4 is 65.7 Å². The fraction of sp³-hybridized carbons (Fsp3) is 0. The van der Waals surface area contributed by atoms with Crippen LogP contribution in [0.5, 0.6) is 0 Å². The van der Waals surface area contributed by atoms with Crippen molar-refractivity contribution in [3.63, 3.8) is 0 Å². The molecule has 4 heterocycles. The lowest BCUT2D eigenvalue weighted by Gasteiger charge is -2.14. The monoisotopic (exact) mass is 730 g/mol. The van der Waals surface area contributed by atoms with Crippen molar-refractivity contribution < 1.29 is 8.83 Å². The molecule has 0 fully saturated rings. The average molecular weight is 731 g/mol. The third-order valence-corrected chi connectivity index (χ3v) is 11.1. The molecule has 266 valence electrons. The zero-order chi connectivity index (χ0) is 37.5. The fourth-order valence-corrected chi connectivity index (χ4v) is 8.49. The minimum atomic E-state index is 0.505. The molecule has 0 aliphatic rings. The van der Waals surface area contributed by atoms with Gasteiger partial charge in [-0.05, 0) is 58.7 Å². The maximum Gasteiger partial charge on any atom is 0.238 e. The lowest BCUT2D eigenvalue weighted by Crippen LogP contribution is -2.07. The fourth-order valence-electron chi connectivity index (χ4n) is 8.49. The van der Waals surface area contributed by atoms with Crippen LogP contribution in [0.25, 0.3) is 117 Å². The first-order chi connectivity index (χ1) is 28.2. The standard InChI is InChI=1S/C51H30N4O2/c1-3-15-31(16-4-1)34-19-7-8-22-37(34)50-52-49(33-27-39(32-17-5-2-6-18-32)48-38-23-11-14-26-45(38)57-47(48)28-33)53-51(54-50)55-42-24-12-9-20-35(42)40-29-41-36-21-10-13-25-44(36)56-46(41)30-43(40)55/h1-30H. The summed E-state index contributed by atoms with van der Waals surface area (Å²) in [4.78, 5) is 16.0. The van der Waals surface area contributed by atoms with Gasteiger partial charge in [0.05, 0.1) is 11.0 Å². The zero-order valence-corrected chi connectivity index (χ0v) is 30.4. The van der Waals surface area contributed by atoms with E-state index in [1.165, 1.54) is 0 Å². The Bertz CT molecular complexity index is 3530. The summed E-state index contributed by atoms with van der Waals surface area (Å²) in [6.45, 7) is 0. The Morgan fingerprint density at radius 2 is 0.930 bits per heavy atom. The summed E-state index contributed by atoms with van der Waals surface area (Å²) < 4.78 is 15.2. The highest BCUT2D eigenvalue weighted by atomic mass is 16.3. The van der Waals surface area contributed by atoms with Gasteiger partial charge in [-0.25, -0.2) is 4.98 Å². The summed E-state index contributed by atoms with van der Waals surface area (Å²) in [7, 11) is 0. The van der Waals surface area contributed by atoms with Crippen LogP contribution in [0.3, 0.4) is 0 Å². The van der Waals surface area contributed by atoms with Gasteiger partial charge in [0.2, 0.25) is 5.95 Å². The lowest BCUT2D eigenvalue weighted by molar-refractivity contribution is 0.668. The Morgan fingerprint density at radius 3 is 1.72 bits per heavy atom. The van der Waals surface area contributed by atoms with E-state index in [4.69, 9.17) is 23.8 Å². The maximum absolute atomic E-state index is 6.57. The van der Waals surface area contributed by atoms with Gasteiger partial charge >= 0.3 is 0 Å². The molecular weight excluding hydrogens is 701 g/mol. The quantitative estimate of drug-likeness (QED) is 0.176. The van der Waals surface area contributed by atoms with E-state index in [2.05, 4.69) is 144 Å². The van der Waals surface area contributed by atoms with Crippen LogP contribution in [-0.4, -0.2) is 19.5 Å². The average Bonchev–Trinajstić information content (AvgIpc) is 3.95. The molecule has 0 amide bonds. The van der Waals surface area contributed by atoms with Gasteiger partial charge in [-0.1, -0.05) is 140 Å². The number of fused-ring (bicyclic) bond motifs is 9. The van der Waals surface area contributed by atoms with Gasteiger partial charge in [0.25, 0.3) is 0 Å². The van der Waals surface area contributed by atoms with E-state index in [1.807, 2.05) is 42.5 Å². The molecule has 12 rings (SSSR count). The van der Waals surface area contributed by atoms with Crippen molar-refractivity contribution in [2.45, 2.75) is 0 Å². The number of aromatic nitrogens is 4. The number of para-hydroxylation sites is 3. The second kappa shape index (κ2) is 12.3.